The highest BCUT2D eigenvalue weighted by atomic mass is 19.1. The Morgan fingerprint density at radius 3 is 2.24 bits per heavy atom. The molecule has 2 aromatic carbocycles. The van der Waals surface area contributed by atoms with Crippen LogP contribution in [0.1, 0.15) is 35.7 Å². The zero-order valence-corrected chi connectivity index (χ0v) is 11.6. The van der Waals surface area contributed by atoms with Gasteiger partial charge in [-0.1, -0.05) is 32.0 Å². The number of hydrogen-bond donors (Lipinski definition) is 1. The quantitative estimate of drug-likeness (QED) is 0.897. The van der Waals surface area contributed by atoms with Crippen molar-refractivity contribution in [3.8, 4) is 11.5 Å². The molecule has 0 fully saturated rings. The average Bonchev–Trinajstić information content (AvgIpc) is 2.42. The number of para-hydroxylation sites is 1. The summed E-state index contributed by atoms with van der Waals surface area (Å²) < 4.78 is 33.0. The van der Waals surface area contributed by atoms with Crippen molar-refractivity contribution in [2.24, 2.45) is 0 Å². The number of benzene rings is 2. The Morgan fingerprint density at radius 2 is 1.71 bits per heavy atom. The zero-order chi connectivity index (χ0) is 15.6. The molecule has 3 nitrogen and oxygen atoms in total. The lowest BCUT2D eigenvalue weighted by Gasteiger charge is -2.14. The summed E-state index contributed by atoms with van der Waals surface area (Å²) in [5, 5.41) is 8.76. The Hall–Kier alpha value is -2.43. The van der Waals surface area contributed by atoms with Crippen molar-refractivity contribution in [2.45, 2.75) is 19.8 Å². The third kappa shape index (κ3) is 3.18. The smallest absolute Gasteiger partial charge is 0.335 e. The maximum atomic E-state index is 13.9. The van der Waals surface area contributed by atoms with Gasteiger partial charge in [0.1, 0.15) is 5.75 Å². The van der Waals surface area contributed by atoms with Crippen LogP contribution in [0.25, 0.3) is 0 Å². The fourth-order valence-electron chi connectivity index (χ4n) is 1.94. The number of carboxylic acid groups (broad SMARTS) is 1. The Bertz CT molecular complexity index is 658. The summed E-state index contributed by atoms with van der Waals surface area (Å²) in [7, 11) is 0. The first kappa shape index (κ1) is 15.0. The summed E-state index contributed by atoms with van der Waals surface area (Å²) in [6.45, 7) is 3.87. The SMILES string of the molecule is CC(C)c1ccccc1Oc1c(F)cc(C(=O)O)cc1F. The monoisotopic (exact) mass is 292 g/mol. The molecule has 0 spiro atoms. The molecule has 0 aliphatic carbocycles. The van der Waals surface area contributed by atoms with E-state index in [0.29, 0.717) is 5.75 Å². The fourth-order valence-corrected chi connectivity index (χ4v) is 1.94. The minimum atomic E-state index is -1.40. The van der Waals surface area contributed by atoms with Crippen LogP contribution in [0.5, 0.6) is 11.5 Å². The molecule has 110 valence electrons. The minimum absolute atomic E-state index is 0.116. The van der Waals surface area contributed by atoms with E-state index in [-0.39, 0.29) is 5.92 Å². The molecule has 0 saturated heterocycles. The van der Waals surface area contributed by atoms with Crippen molar-refractivity contribution in [3.05, 3.63) is 59.2 Å². The number of carboxylic acids is 1. The summed E-state index contributed by atoms with van der Waals surface area (Å²) in [4.78, 5) is 10.7. The van der Waals surface area contributed by atoms with Gasteiger partial charge in [0.15, 0.2) is 17.4 Å². The maximum absolute atomic E-state index is 13.9. The molecule has 0 saturated carbocycles. The molecule has 0 amide bonds. The van der Waals surface area contributed by atoms with Gasteiger partial charge in [-0.3, -0.25) is 0 Å². The molecular formula is C16H14F2O3. The fraction of sp³-hybridized carbons (Fsp3) is 0.188. The van der Waals surface area contributed by atoms with E-state index >= 15 is 0 Å². The van der Waals surface area contributed by atoms with Gasteiger partial charge in [-0.15, -0.1) is 0 Å². The molecule has 0 aliphatic heterocycles. The van der Waals surface area contributed by atoms with Gasteiger partial charge in [-0.2, -0.15) is 0 Å². The lowest BCUT2D eigenvalue weighted by Crippen LogP contribution is -2.02. The predicted octanol–water partition coefficient (Wildman–Crippen LogP) is 4.58. The minimum Gasteiger partial charge on any atom is -0.478 e. The Balaban J connectivity index is 2.43. The lowest BCUT2D eigenvalue weighted by atomic mass is 10.0. The van der Waals surface area contributed by atoms with E-state index in [1.165, 1.54) is 0 Å². The molecule has 0 radical (unpaired) electrons. The first-order valence-corrected chi connectivity index (χ1v) is 6.39. The van der Waals surface area contributed by atoms with Crippen molar-refractivity contribution in [1.82, 2.24) is 0 Å². The Morgan fingerprint density at radius 1 is 1.14 bits per heavy atom. The standard InChI is InChI=1S/C16H14F2O3/c1-9(2)11-5-3-4-6-14(11)21-15-12(17)7-10(16(19)20)8-13(15)18/h3-9H,1-2H3,(H,19,20). The molecule has 0 atom stereocenters. The second-order valence-electron chi connectivity index (χ2n) is 4.87. The van der Waals surface area contributed by atoms with Crippen molar-refractivity contribution >= 4 is 5.97 Å². The molecule has 5 heteroatoms. The van der Waals surface area contributed by atoms with Gasteiger partial charge in [0.25, 0.3) is 0 Å². The van der Waals surface area contributed by atoms with Crippen LogP contribution in [-0.2, 0) is 0 Å². The van der Waals surface area contributed by atoms with E-state index in [0.717, 1.165) is 17.7 Å². The highest BCUT2D eigenvalue weighted by Crippen LogP contribution is 2.33. The predicted molar refractivity (Wildman–Crippen MR) is 73.9 cm³/mol. The number of ether oxygens (including phenoxy) is 1. The van der Waals surface area contributed by atoms with Crippen LogP contribution >= 0.6 is 0 Å². The first-order valence-electron chi connectivity index (χ1n) is 6.39. The molecule has 0 unspecified atom stereocenters. The summed E-state index contributed by atoms with van der Waals surface area (Å²) in [5.74, 6) is -3.65. The molecule has 0 bridgehead atoms. The first-order chi connectivity index (χ1) is 9.90. The van der Waals surface area contributed by atoms with E-state index in [4.69, 9.17) is 9.84 Å². The van der Waals surface area contributed by atoms with Crippen LogP contribution < -0.4 is 4.74 Å². The Labute approximate surface area is 120 Å². The van der Waals surface area contributed by atoms with E-state index in [2.05, 4.69) is 0 Å². The van der Waals surface area contributed by atoms with Crippen LogP contribution in [-0.4, -0.2) is 11.1 Å². The third-order valence-electron chi connectivity index (χ3n) is 3.00. The number of carbonyl (C=O) groups is 1. The number of aromatic carboxylic acids is 1. The van der Waals surface area contributed by atoms with E-state index < -0.39 is 28.9 Å². The van der Waals surface area contributed by atoms with Crippen LogP contribution in [0.2, 0.25) is 0 Å². The summed E-state index contributed by atoms with van der Waals surface area (Å²) >= 11 is 0. The second-order valence-corrected chi connectivity index (χ2v) is 4.87. The van der Waals surface area contributed by atoms with E-state index in [1.54, 1.807) is 18.2 Å². The van der Waals surface area contributed by atoms with Gasteiger partial charge in [0, 0.05) is 0 Å². The number of halogens is 2. The molecule has 1 N–H and O–H groups in total. The number of rotatable bonds is 4. The van der Waals surface area contributed by atoms with Crippen LogP contribution in [0, 0.1) is 11.6 Å². The third-order valence-corrected chi connectivity index (χ3v) is 3.00. The maximum Gasteiger partial charge on any atom is 0.335 e. The molecule has 2 aromatic rings. The average molecular weight is 292 g/mol. The van der Waals surface area contributed by atoms with E-state index in [9.17, 15) is 13.6 Å². The second kappa shape index (κ2) is 5.91. The summed E-state index contributed by atoms with van der Waals surface area (Å²) in [6.07, 6.45) is 0. The molecule has 2 rings (SSSR count). The highest BCUT2D eigenvalue weighted by Gasteiger charge is 2.18. The molecule has 21 heavy (non-hydrogen) atoms. The van der Waals surface area contributed by atoms with Crippen molar-refractivity contribution in [3.63, 3.8) is 0 Å². The van der Waals surface area contributed by atoms with Gasteiger partial charge in [-0.25, -0.2) is 13.6 Å². The summed E-state index contributed by atoms with van der Waals surface area (Å²) in [5.41, 5.74) is 0.341. The van der Waals surface area contributed by atoms with Crippen molar-refractivity contribution < 1.29 is 23.4 Å². The van der Waals surface area contributed by atoms with Gasteiger partial charge < -0.3 is 9.84 Å². The van der Waals surface area contributed by atoms with Gasteiger partial charge in [0.05, 0.1) is 5.56 Å². The van der Waals surface area contributed by atoms with Crippen LogP contribution in [0.4, 0.5) is 8.78 Å². The molecule has 0 heterocycles. The molecular weight excluding hydrogens is 278 g/mol. The topological polar surface area (TPSA) is 46.5 Å². The highest BCUT2D eigenvalue weighted by molar-refractivity contribution is 5.87. The molecule has 0 aromatic heterocycles. The zero-order valence-electron chi connectivity index (χ0n) is 11.6. The molecule has 0 aliphatic rings. The largest absolute Gasteiger partial charge is 0.478 e. The van der Waals surface area contributed by atoms with Crippen LogP contribution in [0.15, 0.2) is 36.4 Å². The Kier molecular flexibility index (Phi) is 4.21. The lowest BCUT2D eigenvalue weighted by molar-refractivity contribution is 0.0695. The van der Waals surface area contributed by atoms with Crippen molar-refractivity contribution in [1.29, 1.82) is 0 Å². The normalized spacial score (nSPS) is 10.7. The van der Waals surface area contributed by atoms with Gasteiger partial charge in [-0.05, 0) is 29.7 Å². The van der Waals surface area contributed by atoms with E-state index in [1.807, 2.05) is 19.9 Å². The van der Waals surface area contributed by atoms with Gasteiger partial charge >= 0.3 is 5.97 Å². The van der Waals surface area contributed by atoms with Gasteiger partial charge in [0.2, 0.25) is 0 Å². The van der Waals surface area contributed by atoms with Crippen molar-refractivity contribution in [2.75, 3.05) is 0 Å². The van der Waals surface area contributed by atoms with Crippen LogP contribution in [0.3, 0.4) is 0 Å². The summed E-state index contributed by atoms with van der Waals surface area (Å²) in [6, 6.07) is 8.39. The number of hydrogen-bond acceptors (Lipinski definition) is 2.